The lowest BCUT2D eigenvalue weighted by molar-refractivity contribution is 0.102. The number of nitrogens with zero attached hydrogens (tertiary/aromatic N) is 1. The second kappa shape index (κ2) is 8.67. The number of aromatic nitrogens is 1. The minimum Gasteiger partial charge on any atom is -0.495 e. The quantitative estimate of drug-likeness (QED) is 0.678. The minimum atomic E-state index is -0.273. The molecule has 2 N–H and O–H groups in total. The second-order valence-electron chi connectivity index (χ2n) is 5.75. The van der Waals surface area contributed by atoms with Gasteiger partial charge in [-0.05, 0) is 36.2 Å². The first-order valence-electron chi connectivity index (χ1n) is 8.44. The zero-order valence-electron chi connectivity index (χ0n) is 14.6. The minimum absolute atomic E-state index is 0.273. The molecule has 0 aliphatic carbocycles. The largest absolute Gasteiger partial charge is 0.495 e. The predicted molar refractivity (Wildman–Crippen MR) is 104 cm³/mol. The highest BCUT2D eigenvalue weighted by Gasteiger charge is 2.10. The van der Waals surface area contributed by atoms with Crippen molar-refractivity contribution in [3.05, 3.63) is 84.2 Å². The number of carbonyl (C=O) groups is 1. The first-order chi connectivity index (χ1) is 12.8. The number of carbonyl (C=O) groups excluding carboxylic acids is 1. The maximum absolute atomic E-state index is 12.3. The van der Waals surface area contributed by atoms with Crippen LogP contribution < -0.4 is 15.4 Å². The van der Waals surface area contributed by atoms with E-state index in [0.29, 0.717) is 17.1 Å². The second-order valence-corrected chi connectivity index (χ2v) is 5.75. The maximum atomic E-state index is 12.3. The van der Waals surface area contributed by atoms with Gasteiger partial charge in [-0.25, -0.2) is 4.98 Å². The van der Waals surface area contributed by atoms with E-state index < -0.39 is 0 Å². The number of benzene rings is 2. The molecular weight excluding hydrogens is 326 g/mol. The molecule has 1 amide bonds. The average Bonchev–Trinajstić information content (AvgIpc) is 2.70. The molecule has 0 saturated heterocycles. The van der Waals surface area contributed by atoms with Crippen molar-refractivity contribution in [3.63, 3.8) is 0 Å². The van der Waals surface area contributed by atoms with Crippen molar-refractivity contribution in [1.82, 2.24) is 4.98 Å². The smallest absolute Gasteiger partial charge is 0.274 e. The monoisotopic (exact) mass is 347 g/mol. The van der Waals surface area contributed by atoms with E-state index in [-0.39, 0.29) is 5.91 Å². The number of hydrogen-bond donors (Lipinski definition) is 2. The van der Waals surface area contributed by atoms with Crippen LogP contribution in [0.4, 0.5) is 11.4 Å². The number of rotatable bonds is 7. The average molecular weight is 347 g/mol. The molecule has 0 saturated carbocycles. The van der Waals surface area contributed by atoms with Gasteiger partial charge in [-0.3, -0.25) is 4.79 Å². The number of ether oxygens (including phenoxy) is 1. The van der Waals surface area contributed by atoms with Crippen molar-refractivity contribution < 1.29 is 9.53 Å². The Labute approximate surface area is 153 Å². The number of pyridine rings is 1. The van der Waals surface area contributed by atoms with Crippen LogP contribution in [0.5, 0.6) is 5.75 Å². The van der Waals surface area contributed by atoms with Gasteiger partial charge in [0.15, 0.2) is 0 Å². The third-order valence-corrected chi connectivity index (χ3v) is 3.94. The molecule has 0 aliphatic rings. The van der Waals surface area contributed by atoms with Crippen LogP contribution >= 0.6 is 0 Å². The van der Waals surface area contributed by atoms with Crippen LogP contribution in [0, 0.1) is 0 Å². The summed E-state index contributed by atoms with van der Waals surface area (Å²) in [6, 6.07) is 21.1. The Balaban J connectivity index is 1.56. The normalized spacial score (nSPS) is 10.2. The van der Waals surface area contributed by atoms with Crippen molar-refractivity contribution in [1.29, 1.82) is 0 Å². The summed E-state index contributed by atoms with van der Waals surface area (Å²) in [5.74, 6) is 0.338. The zero-order chi connectivity index (χ0) is 18.2. The Hall–Kier alpha value is -3.34. The van der Waals surface area contributed by atoms with Crippen LogP contribution in [-0.4, -0.2) is 24.5 Å². The fraction of sp³-hybridized carbons (Fsp3) is 0.143. The van der Waals surface area contributed by atoms with Crippen molar-refractivity contribution in [2.24, 2.45) is 0 Å². The summed E-state index contributed by atoms with van der Waals surface area (Å²) in [6.07, 6.45) is 2.60. The number of hydrogen-bond acceptors (Lipinski definition) is 4. The van der Waals surface area contributed by atoms with E-state index in [4.69, 9.17) is 4.74 Å². The van der Waals surface area contributed by atoms with E-state index in [1.54, 1.807) is 31.5 Å². The summed E-state index contributed by atoms with van der Waals surface area (Å²) in [4.78, 5) is 16.6. The molecule has 5 nitrogen and oxygen atoms in total. The molecule has 1 heterocycles. The SMILES string of the molecule is COc1ccccc1NC(=O)c1ccc(NCCc2ccccc2)cn1. The molecular formula is C21H21N3O2. The van der Waals surface area contributed by atoms with E-state index >= 15 is 0 Å². The lowest BCUT2D eigenvalue weighted by atomic mass is 10.1. The molecule has 26 heavy (non-hydrogen) atoms. The van der Waals surface area contributed by atoms with E-state index in [1.807, 2.05) is 36.4 Å². The van der Waals surface area contributed by atoms with Gasteiger partial charge in [-0.1, -0.05) is 42.5 Å². The van der Waals surface area contributed by atoms with Gasteiger partial charge in [0.2, 0.25) is 0 Å². The summed E-state index contributed by atoms with van der Waals surface area (Å²) < 4.78 is 5.24. The standard InChI is InChI=1S/C21H21N3O2/c1-26-20-10-6-5-9-18(20)24-21(25)19-12-11-17(15-23-19)22-14-13-16-7-3-2-4-8-16/h2-12,15,22H,13-14H2,1H3,(H,24,25). The Morgan fingerprint density at radius 1 is 1.00 bits per heavy atom. The first-order valence-corrected chi connectivity index (χ1v) is 8.44. The number of nitrogens with one attached hydrogen (secondary N) is 2. The topological polar surface area (TPSA) is 63.2 Å². The van der Waals surface area contributed by atoms with Gasteiger partial charge in [0.25, 0.3) is 5.91 Å². The van der Waals surface area contributed by atoms with Crippen LogP contribution in [0.25, 0.3) is 0 Å². The van der Waals surface area contributed by atoms with E-state index in [1.165, 1.54) is 5.56 Å². The highest BCUT2D eigenvalue weighted by Crippen LogP contribution is 2.23. The molecule has 0 atom stereocenters. The van der Waals surface area contributed by atoms with Gasteiger partial charge in [0, 0.05) is 6.54 Å². The van der Waals surface area contributed by atoms with Crippen molar-refractivity contribution in [2.75, 3.05) is 24.3 Å². The summed E-state index contributed by atoms with van der Waals surface area (Å²) in [5, 5.41) is 6.13. The van der Waals surface area contributed by atoms with Gasteiger partial charge in [-0.15, -0.1) is 0 Å². The molecule has 2 aromatic carbocycles. The summed E-state index contributed by atoms with van der Waals surface area (Å²) in [7, 11) is 1.57. The van der Waals surface area contributed by atoms with Crippen molar-refractivity contribution in [3.8, 4) is 5.75 Å². The van der Waals surface area contributed by atoms with Crippen LogP contribution in [-0.2, 0) is 6.42 Å². The van der Waals surface area contributed by atoms with Gasteiger partial charge >= 0.3 is 0 Å². The summed E-state index contributed by atoms with van der Waals surface area (Å²) >= 11 is 0. The maximum Gasteiger partial charge on any atom is 0.274 e. The number of anilines is 2. The third kappa shape index (κ3) is 4.60. The lowest BCUT2D eigenvalue weighted by Gasteiger charge is -2.10. The predicted octanol–water partition coefficient (Wildman–Crippen LogP) is 4.00. The van der Waals surface area contributed by atoms with Gasteiger partial charge in [-0.2, -0.15) is 0 Å². The van der Waals surface area contributed by atoms with Crippen molar-refractivity contribution in [2.45, 2.75) is 6.42 Å². The van der Waals surface area contributed by atoms with Crippen LogP contribution in [0.15, 0.2) is 72.9 Å². The third-order valence-electron chi connectivity index (χ3n) is 3.94. The van der Waals surface area contributed by atoms with Crippen LogP contribution in [0.1, 0.15) is 16.1 Å². The van der Waals surface area contributed by atoms with E-state index in [0.717, 1.165) is 18.7 Å². The molecule has 1 aromatic heterocycles. The molecule has 132 valence electrons. The lowest BCUT2D eigenvalue weighted by Crippen LogP contribution is -2.14. The Kier molecular flexibility index (Phi) is 5.83. The molecule has 0 fully saturated rings. The summed E-state index contributed by atoms with van der Waals surface area (Å²) in [6.45, 7) is 0.804. The highest BCUT2D eigenvalue weighted by molar-refractivity contribution is 6.03. The van der Waals surface area contributed by atoms with Gasteiger partial charge < -0.3 is 15.4 Å². The molecule has 3 aromatic rings. The summed E-state index contributed by atoms with van der Waals surface area (Å²) in [5.41, 5.74) is 3.13. The van der Waals surface area contributed by atoms with Gasteiger partial charge in [0.1, 0.15) is 11.4 Å². The Morgan fingerprint density at radius 2 is 1.77 bits per heavy atom. The molecule has 0 unspecified atom stereocenters. The highest BCUT2D eigenvalue weighted by atomic mass is 16.5. The van der Waals surface area contributed by atoms with Crippen molar-refractivity contribution >= 4 is 17.3 Å². The van der Waals surface area contributed by atoms with E-state index in [2.05, 4.69) is 27.8 Å². The number of amides is 1. The molecule has 0 spiro atoms. The Bertz CT molecular complexity index is 849. The van der Waals surface area contributed by atoms with Crippen LogP contribution in [0.2, 0.25) is 0 Å². The molecule has 3 rings (SSSR count). The number of methoxy groups -OCH3 is 1. The molecule has 0 bridgehead atoms. The zero-order valence-corrected chi connectivity index (χ0v) is 14.6. The van der Waals surface area contributed by atoms with Gasteiger partial charge in [0.05, 0.1) is 24.7 Å². The molecule has 0 radical (unpaired) electrons. The fourth-order valence-electron chi connectivity index (χ4n) is 2.56. The Morgan fingerprint density at radius 3 is 2.50 bits per heavy atom. The molecule has 0 aliphatic heterocycles. The number of para-hydroxylation sites is 2. The van der Waals surface area contributed by atoms with E-state index in [9.17, 15) is 4.79 Å². The van der Waals surface area contributed by atoms with Crippen LogP contribution in [0.3, 0.4) is 0 Å². The molecule has 5 heteroatoms. The fourth-order valence-corrected chi connectivity index (χ4v) is 2.56. The first kappa shape index (κ1) is 17.5.